The van der Waals surface area contributed by atoms with Gasteiger partial charge in [-0.15, -0.1) is 11.3 Å². The Hall–Kier alpha value is -2.24. The minimum atomic E-state index is -0.904. The molecule has 0 spiro atoms. The summed E-state index contributed by atoms with van der Waals surface area (Å²) in [5, 5.41) is 10.3. The highest BCUT2D eigenvalue weighted by molar-refractivity contribution is 7.21. The Bertz CT molecular complexity index is 768. The van der Waals surface area contributed by atoms with E-state index in [-0.39, 0.29) is 6.61 Å². The molecular formula is C16H13NO3S. The van der Waals surface area contributed by atoms with Crippen molar-refractivity contribution in [3.63, 3.8) is 0 Å². The van der Waals surface area contributed by atoms with Crippen LogP contribution in [0.1, 0.15) is 20.8 Å². The number of pyridine rings is 1. The summed E-state index contributed by atoms with van der Waals surface area (Å²) in [5.41, 5.74) is 1.76. The van der Waals surface area contributed by atoms with Crippen LogP contribution in [0.3, 0.4) is 0 Å². The van der Waals surface area contributed by atoms with Gasteiger partial charge >= 0.3 is 5.97 Å². The number of aromatic nitrogens is 1. The molecule has 1 aromatic carbocycles. The van der Waals surface area contributed by atoms with E-state index >= 15 is 0 Å². The standard InChI is InChI=1S/C16H13NO3S/c18-16(19)15-13(12-3-1-2-4-14(12)21-15)10-20-9-11-5-7-17-8-6-11/h1-8H,9-10H2,(H,18,19). The van der Waals surface area contributed by atoms with Gasteiger partial charge in [-0.25, -0.2) is 4.79 Å². The van der Waals surface area contributed by atoms with Gasteiger partial charge in [0.1, 0.15) is 4.88 Å². The van der Waals surface area contributed by atoms with Crippen molar-refractivity contribution in [2.75, 3.05) is 0 Å². The zero-order valence-corrected chi connectivity index (χ0v) is 12.0. The van der Waals surface area contributed by atoms with E-state index in [1.54, 1.807) is 12.4 Å². The Morgan fingerprint density at radius 2 is 1.90 bits per heavy atom. The predicted molar refractivity (Wildman–Crippen MR) is 81.5 cm³/mol. The van der Waals surface area contributed by atoms with E-state index in [2.05, 4.69) is 4.98 Å². The van der Waals surface area contributed by atoms with Crippen LogP contribution >= 0.6 is 11.3 Å². The number of carbonyl (C=O) groups is 1. The molecule has 3 rings (SSSR count). The van der Waals surface area contributed by atoms with Gasteiger partial charge in [-0.2, -0.15) is 0 Å². The fourth-order valence-corrected chi connectivity index (χ4v) is 3.21. The van der Waals surface area contributed by atoms with Crippen molar-refractivity contribution in [1.29, 1.82) is 0 Å². The van der Waals surface area contributed by atoms with Gasteiger partial charge in [0.15, 0.2) is 0 Å². The summed E-state index contributed by atoms with van der Waals surface area (Å²) in [6.45, 7) is 0.722. The van der Waals surface area contributed by atoms with Crippen molar-refractivity contribution in [2.45, 2.75) is 13.2 Å². The minimum absolute atomic E-state index is 0.286. The average molecular weight is 299 g/mol. The molecule has 0 aliphatic heterocycles. The molecule has 106 valence electrons. The van der Waals surface area contributed by atoms with Gasteiger partial charge in [0, 0.05) is 22.7 Å². The van der Waals surface area contributed by atoms with Crippen molar-refractivity contribution >= 4 is 27.4 Å². The highest BCUT2D eigenvalue weighted by Gasteiger charge is 2.17. The number of benzene rings is 1. The lowest BCUT2D eigenvalue weighted by molar-refractivity contribution is 0.0691. The molecule has 0 bridgehead atoms. The van der Waals surface area contributed by atoms with E-state index in [1.807, 2.05) is 36.4 Å². The topological polar surface area (TPSA) is 59.4 Å². The number of rotatable bonds is 5. The largest absolute Gasteiger partial charge is 0.477 e. The summed E-state index contributed by atoms with van der Waals surface area (Å²) < 4.78 is 6.65. The van der Waals surface area contributed by atoms with Crippen LogP contribution < -0.4 is 0 Å². The zero-order valence-electron chi connectivity index (χ0n) is 11.2. The van der Waals surface area contributed by atoms with E-state index in [0.29, 0.717) is 11.5 Å². The first-order valence-corrected chi connectivity index (χ1v) is 7.27. The van der Waals surface area contributed by atoms with Crippen molar-refractivity contribution in [1.82, 2.24) is 4.98 Å². The molecule has 0 saturated carbocycles. The summed E-state index contributed by atoms with van der Waals surface area (Å²) in [5.74, 6) is -0.904. The molecule has 0 fully saturated rings. The number of hydrogen-bond donors (Lipinski definition) is 1. The van der Waals surface area contributed by atoms with Crippen molar-refractivity contribution in [2.24, 2.45) is 0 Å². The molecule has 0 saturated heterocycles. The van der Waals surface area contributed by atoms with Crippen LogP contribution in [0.4, 0.5) is 0 Å². The number of aromatic carboxylic acids is 1. The maximum absolute atomic E-state index is 11.4. The van der Waals surface area contributed by atoms with E-state index < -0.39 is 5.97 Å². The lowest BCUT2D eigenvalue weighted by Crippen LogP contribution is -2.01. The molecule has 1 N–H and O–H groups in total. The second-order valence-corrected chi connectivity index (χ2v) is 5.61. The van der Waals surface area contributed by atoms with E-state index in [0.717, 1.165) is 21.2 Å². The molecule has 0 radical (unpaired) electrons. The number of thiophene rings is 1. The van der Waals surface area contributed by atoms with E-state index in [4.69, 9.17) is 4.74 Å². The smallest absolute Gasteiger partial charge is 0.346 e. The van der Waals surface area contributed by atoms with Crippen LogP contribution in [0.15, 0.2) is 48.8 Å². The van der Waals surface area contributed by atoms with Crippen LogP contribution in [-0.2, 0) is 18.0 Å². The van der Waals surface area contributed by atoms with Gasteiger partial charge in [0.25, 0.3) is 0 Å². The first kappa shape index (κ1) is 13.7. The third-order valence-electron chi connectivity index (χ3n) is 3.16. The third-order valence-corrected chi connectivity index (χ3v) is 4.36. The maximum Gasteiger partial charge on any atom is 0.346 e. The first-order valence-electron chi connectivity index (χ1n) is 6.46. The fraction of sp³-hybridized carbons (Fsp3) is 0.125. The molecule has 0 aliphatic carbocycles. The molecule has 5 heteroatoms. The molecule has 0 amide bonds. The van der Waals surface area contributed by atoms with Crippen LogP contribution in [0.5, 0.6) is 0 Å². The molecule has 2 aromatic heterocycles. The fourth-order valence-electron chi connectivity index (χ4n) is 2.16. The molecule has 0 unspecified atom stereocenters. The third kappa shape index (κ3) is 2.94. The SMILES string of the molecule is O=C(O)c1sc2ccccc2c1COCc1ccncc1. The molecular weight excluding hydrogens is 286 g/mol. The van der Waals surface area contributed by atoms with Gasteiger partial charge in [0.05, 0.1) is 13.2 Å². The number of hydrogen-bond acceptors (Lipinski definition) is 4. The molecule has 3 aromatic rings. The summed E-state index contributed by atoms with van der Waals surface area (Å²) >= 11 is 1.29. The Kier molecular flexibility index (Phi) is 3.94. The Morgan fingerprint density at radius 3 is 2.67 bits per heavy atom. The summed E-state index contributed by atoms with van der Waals surface area (Å²) in [6.07, 6.45) is 3.42. The first-order chi connectivity index (χ1) is 10.3. The van der Waals surface area contributed by atoms with Crippen molar-refractivity contribution in [3.8, 4) is 0 Å². The quantitative estimate of drug-likeness (QED) is 0.780. The normalized spacial score (nSPS) is 10.9. The zero-order chi connectivity index (χ0) is 14.7. The molecule has 2 heterocycles. The lowest BCUT2D eigenvalue weighted by Gasteiger charge is -2.05. The monoisotopic (exact) mass is 299 g/mol. The number of carboxylic acid groups (broad SMARTS) is 1. The lowest BCUT2D eigenvalue weighted by atomic mass is 10.1. The number of fused-ring (bicyclic) bond motifs is 1. The Labute approximate surface area is 125 Å². The van der Waals surface area contributed by atoms with Gasteiger partial charge < -0.3 is 9.84 Å². The highest BCUT2D eigenvalue weighted by Crippen LogP contribution is 2.32. The molecule has 0 atom stereocenters. The van der Waals surface area contributed by atoms with Gasteiger partial charge in [-0.1, -0.05) is 18.2 Å². The Morgan fingerprint density at radius 1 is 1.14 bits per heavy atom. The number of carboxylic acids is 1. The number of nitrogens with zero attached hydrogens (tertiary/aromatic N) is 1. The molecule has 4 nitrogen and oxygen atoms in total. The Balaban J connectivity index is 1.82. The van der Waals surface area contributed by atoms with E-state index in [9.17, 15) is 9.90 Å². The van der Waals surface area contributed by atoms with Crippen LogP contribution in [0.25, 0.3) is 10.1 Å². The van der Waals surface area contributed by atoms with Crippen molar-refractivity contribution in [3.05, 3.63) is 64.8 Å². The summed E-state index contributed by atoms with van der Waals surface area (Å²) in [4.78, 5) is 15.7. The molecule has 21 heavy (non-hydrogen) atoms. The van der Waals surface area contributed by atoms with Gasteiger partial charge in [-0.3, -0.25) is 4.98 Å². The van der Waals surface area contributed by atoms with Gasteiger partial charge in [-0.05, 0) is 29.1 Å². The maximum atomic E-state index is 11.4. The number of ether oxygens (including phenoxy) is 1. The minimum Gasteiger partial charge on any atom is -0.477 e. The average Bonchev–Trinajstić information content (AvgIpc) is 2.88. The van der Waals surface area contributed by atoms with E-state index in [1.165, 1.54) is 11.3 Å². The van der Waals surface area contributed by atoms with Crippen molar-refractivity contribution < 1.29 is 14.6 Å². The van der Waals surface area contributed by atoms with Gasteiger partial charge in [0.2, 0.25) is 0 Å². The highest BCUT2D eigenvalue weighted by atomic mass is 32.1. The second-order valence-electron chi connectivity index (χ2n) is 4.56. The van der Waals surface area contributed by atoms with Crippen LogP contribution in [-0.4, -0.2) is 16.1 Å². The predicted octanol–water partition coefficient (Wildman–Crippen LogP) is 3.71. The summed E-state index contributed by atoms with van der Waals surface area (Å²) in [7, 11) is 0. The van der Waals surface area contributed by atoms with Crippen LogP contribution in [0, 0.1) is 0 Å². The summed E-state index contributed by atoms with van der Waals surface area (Å²) in [6, 6.07) is 11.4. The second kappa shape index (κ2) is 6.03. The molecule has 0 aliphatic rings. The van der Waals surface area contributed by atoms with Crippen LogP contribution in [0.2, 0.25) is 0 Å².